The lowest BCUT2D eigenvalue weighted by Crippen LogP contribution is -2.23. The number of para-hydroxylation sites is 1. The van der Waals surface area contributed by atoms with Crippen molar-refractivity contribution in [3.05, 3.63) is 42.5 Å². The quantitative estimate of drug-likeness (QED) is 0.619. The molecule has 0 aliphatic heterocycles. The first-order valence-electron chi connectivity index (χ1n) is 9.78. The summed E-state index contributed by atoms with van der Waals surface area (Å²) in [7, 11) is 3.27. The summed E-state index contributed by atoms with van der Waals surface area (Å²) in [5, 5.41) is 8.00. The van der Waals surface area contributed by atoms with Crippen LogP contribution in [0, 0.1) is 0 Å². The lowest BCUT2D eigenvalue weighted by atomic mass is 9.95. The first-order valence-corrected chi connectivity index (χ1v) is 9.78. The monoisotopic (exact) mass is 378 g/mol. The third-order valence-corrected chi connectivity index (χ3v) is 5.16. The maximum atomic E-state index is 5.36. The number of nitrogens with one attached hydrogen (secondary N) is 2. The molecule has 0 atom stereocenters. The Balaban J connectivity index is 1.67. The molecule has 0 unspecified atom stereocenters. The number of rotatable bonds is 6. The van der Waals surface area contributed by atoms with E-state index in [1.54, 1.807) is 14.2 Å². The molecule has 1 aliphatic rings. The number of methoxy groups -OCH3 is 2. The zero-order valence-corrected chi connectivity index (χ0v) is 16.4. The summed E-state index contributed by atoms with van der Waals surface area (Å²) in [6.45, 7) is 0. The fourth-order valence-electron chi connectivity index (χ4n) is 3.69. The highest BCUT2D eigenvalue weighted by Crippen LogP contribution is 2.30. The molecule has 1 aromatic heterocycles. The van der Waals surface area contributed by atoms with E-state index in [9.17, 15) is 0 Å². The van der Waals surface area contributed by atoms with Gasteiger partial charge in [-0.15, -0.1) is 0 Å². The highest BCUT2D eigenvalue weighted by Gasteiger charge is 2.16. The Morgan fingerprint density at radius 3 is 2.32 bits per heavy atom. The van der Waals surface area contributed by atoms with Crippen LogP contribution >= 0.6 is 0 Å². The van der Waals surface area contributed by atoms with E-state index in [4.69, 9.17) is 19.4 Å². The van der Waals surface area contributed by atoms with Gasteiger partial charge in [-0.25, -0.2) is 4.98 Å². The molecule has 1 aliphatic carbocycles. The third-order valence-electron chi connectivity index (χ3n) is 5.16. The Bertz CT molecular complexity index is 932. The molecule has 2 N–H and O–H groups in total. The third kappa shape index (κ3) is 4.11. The zero-order valence-electron chi connectivity index (χ0n) is 16.4. The lowest BCUT2D eigenvalue weighted by Gasteiger charge is -2.24. The fourth-order valence-corrected chi connectivity index (χ4v) is 3.69. The van der Waals surface area contributed by atoms with Gasteiger partial charge in [0.25, 0.3) is 0 Å². The van der Waals surface area contributed by atoms with Crippen molar-refractivity contribution >= 4 is 28.4 Å². The van der Waals surface area contributed by atoms with Crippen molar-refractivity contribution < 1.29 is 9.47 Å². The summed E-state index contributed by atoms with van der Waals surface area (Å²) in [5.74, 6) is 2.86. The second-order valence-electron chi connectivity index (χ2n) is 7.12. The molecule has 146 valence electrons. The summed E-state index contributed by atoms with van der Waals surface area (Å²) in [6.07, 6.45) is 6.25. The molecule has 1 saturated carbocycles. The first kappa shape index (κ1) is 18.3. The van der Waals surface area contributed by atoms with Crippen LogP contribution < -0.4 is 20.1 Å². The highest BCUT2D eigenvalue weighted by molar-refractivity contribution is 5.90. The Kier molecular flexibility index (Phi) is 5.46. The van der Waals surface area contributed by atoms with Gasteiger partial charge < -0.3 is 20.1 Å². The van der Waals surface area contributed by atoms with Crippen LogP contribution in [-0.4, -0.2) is 30.2 Å². The standard InChI is InChI=1S/C22H26N4O2/c1-27-17-12-16(13-18(14-17)28-2)24-22-25-20-11-7-6-10-19(20)21(26-22)23-15-8-4-3-5-9-15/h6-7,10-15H,3-5,8-9H2,1-2H3,(H2,23,24,25,26). The second-order valence-corrected chi connectivity index (χ2v) is 7.12. The van der Waals surface area contributed by atoms with Crippen molar-refractivity contribution in [2.45, 2.75) is 38.1 Å². The molecule has 0 saturated heterocycles. The van der Waals surface area contributed by atoms with E-state index < -0.39 is 0 Å². The van der Waals surface area contributed by atoms with Gasteiger partial charge in [-0.3, -0.25) is 0 Å². The smallest absolute Gasteiger partial charge is 0.229 e. The maximum Gasteiger partial charge on any atom is 0.229 e. The van der Waals surface area contributed by atoms with Crippen LogP contribution in [0.1, 0.15) is 32.1 Å². The van der Waals surface area contributed by atoms with E-state index >= 15 is 0 Å². The molecule has 6 heteroatoms. The molecule has 6 nitrogen and oxygen atoms in total. The molecule has 0 spiro atoms. The summed E-state index contributed by atoms with van der Waals surface area (Å²) in [4.78, 5) is 9.48. The molecule has 0 amide bonds. The van der Waals surface area contributed by atoms with Crippen molar-refractivity contribution in [3.63, 3.8) is 0 Å². The molecule has 28 heavy (non-hydrogen) atoms. The van der Waals surface area contributed by atoms with Crippen LogP contribution in [-0.2, 0) is 0 Å². The van der Waals surface area contributed by atoms with Gasteiger partial charge in [-0.05, 0) is 25.0 Å². The molecular formula is C22H26N4O2. The van der Waals surface area contributed by atoms with Gasteiger partial charge in [-0.2, -0.15) is 4.98 Å². The van der Waals surface area contributed by atoms with Gasteiger partial charge in [-0.1, -0.05) is 31.4 Å². The molecule has 1 heterocycles. The normalized spacial score (nSPS) is 14.6. The number of anilines is 3. The van der Waals surface area contributed by atoms with Crippen LogP contribution in [0.4, 0.5) is 17.5 Å². The minimum absolute atomic E-state index is 0.469. The van der Waals surface area contributed by atoms with Crippen molar-refractivity contribution in [1.82, 2.24) is 9.97 Å². The average molecular weight is 378 g/mol. The molecule has 4 rings (SSSR count). The van der Waals surface area contributed by atoms with Crippen LogP contribution in [0.3, 0.4) is 0 Å². The molecule has 1 fully saturated rings. The van der Waals surface area contributed by atoms with Crippen molar-refractivity contribution in [2.24, 2.45) is 0 Å². The predicted molar refractivity (Wildman–Crippen MR) is 113 cm³/mol. The van der Waals surface area contributed by atoms with Crippen LogP contribution in [0.15, 0.2) is 42.5 Å². The summed E-state index contributed by atoms with van der Waals surface area (Å²) in [6, 6.07) is 14.2. The second kappa shape index (κ2) is 8.33. The predicted octanol–water partition coefficient (Wildman–Crippen LogP) is 5.14. The van der Waals surface area contributed by atoms with Crippen LogP contribution in [0.25, 0.3) is 10.9 Å². The van der Waals surface area contributed by atoms with Crippen molar-refractivity contribution in [3.8, 4) is 11.5 Å². The molecule has 2 aromatic carbocycles. The van der Waals surface area contributed by atoms with Gasteiger partial charge in [0.15, 0.2) is 0 Å². The Hall–Kier alpha value is -3.02. The molecule has 0 bridgehead atoms. The van der Waals surface area contributed by atoms with Gasteiger partial charge in [0.2, 0.25) is 5.95 Å². The topological polar surface area (TPSA) is 68.3 Å². The molecule has 0 radical (unpaired) electrons. The Morgan fingerprint density at radius 2 is 1.61 bits per heavy atom. The number of hydrogen-bond donors (Lipinski definition) is 2. The number of benzene rings is 2. The number of nitrogens with zero attached hydrogens (tertiary/aromatic N) is 2. The number of ether oxygens (including phenoxy) is 2. The highest BCUT2D eigenvalue weighted by atomic mass is 16.5. The van der Waals surface area contributed by atoms with Crippen LogP contribution in [0.2, 0.25) is 0 Å². The van der Waals surface area contributed by atoms with Gasteiger partial charge in [0.1, 0.15) is 17.3 Å². The average Bonchev–Trinajstić information content (AvgIpc) is 2.74. The lowest BCUT2D eigenvalue weighted by molar-refractivity contribution is 0.395. The zero-order chi connectivity index (χ0) is 19.3. The minimum Gasteiger partial charge on any atom is -0.497 e. The Morgan fingerprint density at radius 1 is 0.893 bits per heavy atom. The van der Waals surface area contributed by atoms with E-state index in [0.29, 0.717) is 23.5 Å². The first-order chi connectivity index (χ1) is 13.7. The Labute approximate surface area is 165 Å². The van der Waals surface area contributed by atoms with Crippen molar-refractivity contribution in [1.29, 1.82) is 0 Å². The minimum atomic E-state index is 0.469. The summed E-state index contributed by atoms with van der Waals surface area (Å²) in [5.41, 5.74) is 1.73. The number of aromatic nitrogens is 2. The van der Waals surface area contributed by atoms with Gasteiger partial charge >= 0.3 is 0 Å². The van der Waals surface area contributed by atoms with E-state index in [-0.39, 0.29) is 0 Å². The summed E-state index contributed by atoms with van der Waals surface area (Å²) >= 11 is 0. The largest absolute Gasteiger partial charge is 0.497 e. The number of fused-ring (bicyclic) bond motifs is 1. The summed E-state index contributed by atoms with van der Waals surface area (Å²) < 4.78 is 10.7. The fraction of sp³-hybridized carbons (Fsp3) is 0.364. The van der Waals surface area contributed by atoms with E-state index in [2.05, 4.69) is 16.7 Å². The number of hydrogen-bond acceptors (Lipinski definition) is 6. The van der Waals surface area contributed by atoms with E-state index in [1.807, 2.05) is 36.4 Å². The van der Waals surface area contributed by atoms with Crippen molar-refractivity contribution in [2.75, 3.05) is 24.9 Å². The molecular weight excluding hydrogens is 352 g/mol. The van der Waals surface area contributed by atoms with Crippen LogP contribution in [0.5, 0.6) is 11.5 Å². The van der Waals surface area contributed by atoms with Gasteiger partial charge in [0.05, 0.1) is 19.7 Å². The SMILES string of the molecule is COc1cc(Nc2nc(NC3CCCCC3)c3ccccc3n2)cc(OC)c1. The van der Waals surface area contributed by atoms with E-state index in [1.165, 1.54) is 32.1 Å². The molecule has 3 aromatic rings. The maximum absolute atomic E-state index is 5.36. The van der Waals surface area contributed by atoms with Gasteiger partial charge in [0, 0.05) is 35.3 Å². The van der Waals surface area contributed by atoms with E-state index in [0.717, 1.165) is 22.4 Å².